The third-order valence-corrected chi connectivity index (χ3v) is 5.80. The van der Waals surface area contributed by atoms with Crippen molar-refractivity contribution in [3.05, 3.63) is 78.0 Å². The van der Waals surface area contributed by atoms with Gasteiger partial charge in [0, 0.05) is 6.20 Å². The lowest BCUT2D eigenvalue weighted by molar-refractivity contribution is 0.0220. The Bertz CT molecular complexity index is 813. The number of hydrogen-bond donors (Lipinski definition) is 0. The standard InChI is InChI=1S/C19H21NO3S/c1-15-8-10-18(11-9-15)24(21,22)20-13-12-16(2)23-19(14-20)17-6-4-3-5-7-17/h3-13,16,19H,14H2,1-2H3. The van der Waals surface area contributed by atoms with Gasteiger partial charge in [-0.3, -0.25) is 4.31 Å². The second-order valence-corrected chi connectivity index (χ2v) is 7.86. The molecule has 2 aromatic carbocycles. The zero-order chi connectivity index (χ0) is 17.2. The number of nitrogens with zero attached hydrogens (tertiary/aromatic N) is 1. The van der Waals surface area contributed by atoms with Crippen molar-refractivity contribution >= 4 is 10.0 Å². The van der Waals surface area contributed by atoms with Gasteiger partial charge in [0.15, 0.2) is 0 Å². The van der Waals surface area contributed by atoms with E-state index in [4.69, 9.17) is 4.74 Å². The van der Waals surface area contributed by atoms with E-state index >= 15 is 0 Å². The van der Waals surface area contributed by atoms with Crippen LogP contribution in [-0.4, -0.2) is 25.4 Å². The third kappa shape index (κ3) is 3.52. The van der Waals surface area contributed by atoms with E-state index in [1.807, 2.05) is 56.3 Å². The summed E-state index contributed by atoms with van der Waals surface area (Å²) in [7, 11) is -3.60. The van der Waals surface area contributed by atoms with Crippen molar-refractivity contribution in [1.82, 2.24) is 4.31 Å². The molecule has 0 saturated heterocycles. The number of sulfonamides is 1. The molecule has 4 nitrogen and oxygen atoms in total. The van der Waals surface area contributed by atoms with Crippen LogP contribution in [0.5, 0.6) is 0 Å². The molecular formula is C19H21NO3S. The summed E-state index contributed by atoms with van der Waals surface area (Å²) in [4.78, 5) is 0.291. The molecule has 1 heterocycles. The largest absolute Gasteiger partial charge is 0.365 e. The maximum atomic E-state index is 13.0. The zero-order valence-corrected chi connectivity index (χ0v) is 14.6. The Hall–Kier alpha value is -2.11. The smallest absolute Gasteiger partial charge is 0.263 e. The number of hydrogen-bond acceptors (Lipinski definition) is 3. The van der Waals surface area contributed by atoms with Crippen molar-refractivity contribution in [2.45, 2.75) is 31.0 Å². The minimum Gasteiger partial charge on any atom is -0.365 e. The van der Waals surface area contributed by atoms with E-state index in [1.54, 1.807) is 24.4 Å². The molecule has 2 unspecified atom stereocenters. The van der Waals surface area contributed by atoms with E-state index < -0.39 is 10.0 Å². The quantitative estimate of drug-likeness (QED) is 0.854. The van der Waals surface area contributed by atoms with E-state index in [9.17, 15) is 8.42 Å². The van der Waals surface area contributed by atoms with Crippen LogP contribution in [0.15, 0.2) is 71.8 Å². The van der Waals surface area contributed by atoms with Crippen molar-refractivity contribution in [3.63, 3.8) is 0 Å². The topological polar surface area (TPSA) is 46.6 Å². The van der Waals surface area contributed by atoms with E-state index in [-0.39, 0.29) is 18.8 Å². The highest BCUT2D eigenvalue weighted by atomic mass is 32.2. The first kappa shape index (κ1) is 16.7. The van der Waals surface area contributed by atoms with Crippen LogP contribution in [0.25, 0.3) is 0 Å². The highest BCUT2D eigenvalue weighted by molar-refractivity contribution is 7.89. The second kappa shape index (κ2) is 6.79. The maximum Gasteiger partial charge on any atom is 0.263 e. The molecule has 0 fully saturated rings. The molecule has 0 aliphatic carbocycles. The summed E-state index contributed by atoms with van der Waals surface area (Å²) in [6, 6.07) is 16.6. The van der Waals surface area contributed by atoms with Crippen molar-refractivity contribution in [2.24, 2.45) is 0 Å². The van der Waals surface area contributed by atoms with E-state index in [0.717, 1.165) is 11.1 Å². The van der Waals surface area contributed by atoms with Gasteiger partial charge in [-0.2, -0.15) is 0 Å². The summed E-state index contributed by atoms with van der Waals surface area (Å²) in [6.45, 7) is 4.10. The zero-order valence-electron chi connectivity index (χ0n) is 13.8. The molecule has 126 valence electrons. The van der Waals surface area contributed by atoms with Gasteiger partial charge in [-0.05, 0) is 37.6 Å². The molecule has 0 aromatic heterocycles. The fourth-order valence-corrected chi connectivity index (χ4v) is 3.98. The molecule has 2 atom stereocenters. The van der Waals surface area contributed by atoms with Gasteiger partial charge in [0.05, 0.1) is 17.5 Å². The number of benzene rings is 2. The Labute approximate surface area is 143 Å². The number of rotatable bonds is 3. The van der Waals surface area contributed by atoms with Gasteiger partial charge in [-0.15, -0.1) is 0 Å². The van der Waals surface area contributed by atoms with E-state index in [2.05, 4.69) is 0 Å². The predicted octanol–water partition coefficient (Wildman–Crippen LogP) is 3.66. The lowest BCUT2D eigenvalue weighted by Crippen LogP contribution is -2.30. The summed E-state index contributed by atoms with van der Waals surface area (Å²) in [5.41, 5.74) is 2.00. The Kier molecular flexibility index (Phi) is 4.73. The van der Waals surface area contributed by atoms with Crippen LogP contribution >= 0.6 is 0 Å². The van der Waals surface area contributed by atoms with Crippen LogP contribution in [-0.2, 0) is 14.8 Å². The van der Waals surface area contributed by atoms with Crippen LogP contribution in [0.2, 0.25) is 0 Å². The molecular weight excluding hydrogens is 322 g/mol. The Morgan fingerprint density at radius 2 is 1.71 bits per heavy atom. The van der Waals surface area contributed by atoms with E-state index in [0.29, 0.717) is 4.90 Å². The second-order valence-electron chi connectivity index (χ2n) is 5.97. The fourth-order valence-electron chi connectivity index (χ4n) is 2.66. The molecule has 24 heavy (non-hydrogen) atoms. The normalized spacial score (nSPS) is 21.5. The highest BCUT2D eigenvalue weighted by Gasteiger charge is 2.28. The summed E-state index contributed by atoms with van der Waals surface area (Å²) in [5, 5.41) is 0. The van der Waals surface area contributed by atoms with Gasteiger partial charge in [0.25, 0.3) is 10.0 Å². The Balaban J connectivity index is 1.93. The summed E-state index contributed by atoms with van der Waals surface area (Å²) in [6.07, 6.45) is 2.92. The lowest BCUT2D eigenvalue weighted by atomic mass is 10.1. The maximum absolute atomic E-state index is 13.0. The minimum atomic E-state index is -3.60. The average molecular weight is 343 g/mol. The van der Waals surface area contributed by atoms with Crippen molar-refractivity contribution in [1.29, 1.82) is 0 Å². The summed E-state index contributed by atoms with van der Waals surface area (Å²) >= 11 is 0. The van der Waals surface area contributed by atoms with Gasteiger partial charge in [0.1, 0.15) is 6.10 Å². The summed E-state index contributed by atoms with van der Waals surface area (Å²) < 4.78 is 33.3. The molecule has 1 aliphatic rings. The molecule has 0 saturated carbocycles. The number of aryl methyl sites for hydroxylation is 1. The van der Waals surface area contributed by atoms with Gasteiger partial charge in [0.2, 0.25) is 0 Å². The van der Waals surface area contributed by atoms with Crippen LogP contribution in [0, 0.1) is 6.92 Å². The molecule has 0 amide bonds. The lowest BCUT2D eigenvalue weighted by Gasteiger charge is -2.25. The van der Waals surface area contributed by atoms with E-state index in [1.165, 1.54) is 4.31 Å². The SMILES string of the molecule is Cc1ccc(S(=O)(=O)N2C=CC(C)OC(c3ccccc3)C2)cc1. The molecule has 0 radical (unpaired) electrons. The van der Waals surface area contributed by atoms with Crippen LogP contribution < -0.4 is 0 Å². The van der Waals surface area contributed by atoms with Gasteiger partial charge in [-0.25, -0.2) is 8.42 Å². The highest BCUT2D eigenvalue weighted by Crippen LogP contribution is 2.27. The van der Waals surface area contributed by atoms with Crippen LogP contribution in [0.3, 0.4) is 0 Å². The van der Waals surface area contributed by atoms with Gasteiger partial charge < -0.3 is 4.74 Å². The Morgan fingerprint density at radius 1 is 1.04 bits per heavy atom. The molecule has 2 aromatic rings. The molecule has 3 rings (SSSR count). The monoisotopic (exact) mass is 343 g/mol. The predicted molar refractivity (Wildman–Crippen MR) is 93.9 cm³/mol. The van der Waals surface area contributed by atoms with Crippen molar-refractivity contribution in [3.8, 4) is 0 Å². The van der Waals surface area contributed by atoms with Gasteiger partial charge >= 0.3 is 0 Å². The van der Waals surface area contributed by atoms with Crippen LogP contribution in [0.1, 0.15) is 24.2 Å². The Morgan fingerprint density at radius 3 is 2.38 bits per heavy atom. The molecule has 0 N–H and O–H groups in total. The van der Waals surface area contributed by atoms with Gasteiger partial charge in [-0.1, -0.05) is 48.0 Å². The first-order valence-electron chi connectivity index (χ1n) is 7.94. The number of ether oxygens (including phenoxy) is 1. The van der Waals surface area contributed by atoms with Crippen molar-refractivity contribution < 1.29 is 13.2 Å². The minimum absolute atomic E-state index is 0.159. The third-order valence-electron chi connectivity index (χ3n) is 4.05. The first-order chi connectivity index (χ1) is 11.5. The fraction of sp³-hybridized carbons (Fsp3) is 0.263. The molecule has 0 bridgehead atoms. The molecule has 0 spiro atoms. The molecule has 1 aliphatic heterocycles. The van der Waals surface area contributed by atoms with Crippen LogP contribution in [0.4, 0.5) is 0 Å². The molecule has 5 heteroatoms. The van der Waals surface area contributed by atoms with Crippen molar-refractivity contribution in [2.75, 3.05) is 6.54 Å². The first-order valence-corrected chi connectivity index (χ1v) is 9.38. The average Bonchev–Trinajstić information content (AvgIpc) is 2.78. The summed E-state index contributed by atoms with van der Waals surface area (Å²) in [5.74, 6) is 0.